The maximum atomic E-state index is 12.5. The Labute approximate surface area is 117 Å². The molecule has 1 aromatic rings. The molecule has 0 atom stereocenters. The fourth-order valence-electron chi connectivity index (χ4n) is 2.96. The van der Waals surface area contributed by atoms with Gasteiger partial charge in [0.15, 0.2) is 0 Å². The summed E-state index contributed by atoms with van der Waals surface area (Å²) in [6.45, 7) is 4.15. The second kappa shape index (κ2) is 5.19. The van der Waals surface area contributed by atoms with Gasteiger partial charge in [-0.05, 0) is 12.8 Å². The zero-order chi connectivity index (χ0) is 14.1. The third kappa shape index (κ3) is 2.37. The smallest absolute Gasteiger partial charge is 0.226 e. The first kappa shape index (κ1) is 13.0. The van der Waals surface area contributed by atoms with Gasteiger partial charge < -0.3 is 9.80 Å². The van der Waals surface area contributed by atoms with Crippen molar-refractivity contribution in [3.63, 3.8) is 0 Å². The highest BCUT2D eigenvalue weighted by Crippen LogP contribution is 2.25. The first-order chi connectivity index (χ1) is 9.65. The third-order valence-corrected chi connectivity index (χ3v) is 4.18. The van der Waals surface area contributed by atoms with Crippen LogP contribution in [0.2, 0.25) is 0 Å². The average molecular weight is 274 g/mol. The Morgan fingerprint density at radius 3 is 2.60 bits per heavy atom. The van der Waals surface area contributed by atoms with Crippen molar-refractivity contribution in [2.24, 2.45) is 5.92 Å². The molecule has 3 heterocycles. The van der Waals surface area contributed by atoms with Crippen molar-refractivity contribution in [2.45, 2.75) is 32.9 Å². The van der Waals surface area contributed by atoms with Gasteiger partial charge in [-0.3, -0.25) is 9.59 Å². The zero-order valence-electron chi connectivity index (χ0n) is 11.6. The summed E-state index contributed by atoms with van der Waals surface area (Å²) < 4.78 is 0. The second-order valence-corrected chi connectivity index (χ2v) is 5.47. The minimum Gasteiger partial charge on any atom is -0.343 e. The Balaban J connectivity index is 1.60. The van der Waals surface area contributed by atoms with Gasteiger partial charge in [0.05, 0.1) is 12.2 Å². The molecule has 0 aromatic carbocycles. The molecule has 0 aliphatic carbocycles. The summed E-state index contributed by atoms with van der Waals surface area (Å²) in [5.74, 6) is 0.318. The van der Waals surface area contributed by atoms with Crippen molar-refractivity contribution in [3.05, 3.63) is 23.8 Å². The van der Waals surface area contributed by atoms with E-state index >= 15 is 0 Å². The Morgan fingerprint density at radius 2 is 1.95 bits per heavy atom. The van der Waals surface area contributed by atoms with Crippen LogP contribution in [0.1, 0.15) is 31.0 Å². The van der Waals surface area contributed by atoms with Crippen molar-refractivity contribution in [3.8, 4) is 0 Å². The van der Waals surface area contributed by atoms with Crippen molar-refractivity contribution < 1.29 is 9.59 Å². The number of aromatic nitrogens is 2. The molecule has 1 saturated heterocycles. The maximum Gasteiger partial charge on any atom is 0.226 e. The monoisotopic (exact) mass is 274 g/mol. The molecule has 2 aliphatic heterocycles. The highest BCUT2D eigenvalue weighted by Gasteiger charge is 2.32. The molecule has 1 aromatic heterocycles. The van der Waals surface area contributed by atoms with Crippen molar-refractivity contribution in [1.82, 2.24) is 19.8 Å². The Morgan fingerprint density at radius 1 is 1.20 bits per heavy atom. The average Bonchev–Trinajstić information content (AvgIpc) is 2.90. The molecule has 0 bridgehead atoms. The fraction of sp³-hybridized carbons (Fsp3) is 0.571. The standard InChI is InChI=1S/C14H18N4O2/c1-10(19)17-4-2-11(3-5-17)14(20)18-7-12-6-15-9-16-13(12)8-18/h6,9,11H,2-5,7-8H2,1H3. The minimum absolute atomic E-state index is 0.0351. The molecule has 106 valence electrons. The van der Waals surface area contributed by atoms with Gasteiger partial charge in [-0.15, -0.1) is 0 Å². The summed E-state index contributed by atoms with van der Waals surface area (Å²) in [7, 11) is 0. The van der Waals surface area contributed by atoms with Crippen LogP contribution >= 0.6 is 0 Å². The van der Waals surface area contributed by atoms with Gasteiger partial charge in [-0.2, -0.15) is 0 Å². The van der Waals surface area contributed by atoms with E-state index in [2.05, 4.69) is 9.97 Å². The normalized spacial score (nSPS) is 19.1. The van der Waals surface area contributed by atoms with E-state index in [9.17, 15) is 9.59 Å². The predicted molar refractivity (Wildman–Crippen MR) is 71.3 cm³/mol. The van der Waals surface area contributed by atoms with Gasteiger partial charge in [0.1, 0.15) is 6.33 Å². The van der Waals surface area contributed by atoms with Crippen LogP contribution in [0.15, 0.2) is 12.5 Å². The van der Waals surface area contributed by atoms with Crippen LogP contribution in [-0.2, 0) is 22.7 Å². The van der Waals surface area contributed by atoms with Crippen LogP contribution in [0, 0.1) is 5.92 Å². The topological polar surface area (TPSA) is 66.4 Å². The maximum absolute atomic E-state index is 12.5. The number of hydrogen-bond donors (Lipinski definition) is 0. The molecule has 6 heteroatoms. The van der Waals surface area contributed by atoms with Crippen LogP contribution in [0.3, 0.4) is 0 Å². The van der Waals surface area contributed by atoms with Gasteiger partial charge in [0.25, 0.3) is 0 Å². The van der Waals surface area contributed by atoms with Gasteiger partial charge in [0, 0.05) is 44.2 Å². The fourth-order valence-corrected chi connectivity index (χ4v) is 2.96. The molecule has 20 heavy (non-hydrogen) atoms. The van der Waals surface area contributed by atoms with Gasteiger partial charge in [-0.25, -0.2) is 9.97 Å². The summed E-state index contributed by atoms with van der Waals surface area (Å²) in [4.78, 5) is 35.7. The van der Waals surface area contributed by atoms with Gasteiger partial charge >= 0.3 is 0 Å². The number of hydrogen-bond acceptors (Lipinski definition) is 4. The molecule has 0 unspecified atom stereocenters. The lowest BCUT2D eigenvalue weighted by molar-refractivity contribution is -0.140. The molecular formula is C14H18N4O2. The largest absolute Gasteiger partial charge is 0.343 e. The minimum atomic E-state index is 0.0351. The number of rotatable bonds is 1. The molecule has 1 fully saturated rings. The number of amides is 2. The quantitative estimate of drug-likeness (QED) is 0.751. The third-order valence-electron chi connectivity index (χ3n) is 4.18. The SMILES string of the molecule is CC(=O)N1CCC(C(=O)N2Cc3cncnc3C2)CC1. The summed E-state index contributed by atoms with van der Waals surface area (Å²) in [5, 5.41) is 0. The molecule has 0 N–H and O–H groups in total. The number of likely N-dealkylation sites (tertiary alicyclic amines) is 1. The van der Waals surface area contributed by atoms with E-state index in [0.29, 0.717) is 26.2 Å². The molecular weight excluding hydrogens is 256 g/mol. The van der Waals surface area contributed by atoms with E-state index in [0.717, 1.165) is 24.1 Å². The number of fused-ring (bicyclic) bond motifs is 1. The Hall–Kier alpha value is -1.98. The Kier molecular flexibility index (Phi) is 3.38. The first-order valence-corrected chi connectivity index (χ1v) is 6.97. The summed E-state index contributed by atoms with van der Waals surface area (Å²) >= 11 is 0. The van der Waals surface area contributed by atoms with Gasteiger partial charge in [0.2, 0.25) is 11.8 Å². The van der Waals surface area contributed by atoms with E-state index < -0.39 is 0 Å². The number of carbonyl (C=O) groups excluding carboxylic acids is 2. The molecule has 0 radical (unpaired) electrons. The summed E-state index contributed by atoms with van der Waals surface area (Å²) in [5.41, 5.74) is 2.00. The van der Waals surface area contributed by atoms with E-state index in [1.807, 2.05) is 9.80 Å². The van der Waals surface area contributed by atoms with Crippen molar-refractivity contribution in [2.75, 3.05) is 13.1 Å². The Bertz CT molecular complexity index is 513. The van der Waals surface area contributed by atoms with E-state index in [-0.39, 0.29) is 17.7 Å². The van der Waals surface area contributed by atoms with Crippen LogP contribution in [0.5, 0.6) is 0 Å². The first-order valence-electron chi connectivity index (χ1n) is 6.97. The van der Waals surface area contributed by atoms with Gasteiger partial charge in [-0.1, -0.05) is 0 Å². The molecule has 6 nitrogen and oxygen atoms in total. The van der Waals surface area contributed by atoms with Crippen LogP contribution in [0.4, 0.5) is 0 Å². The highest BCUT2D eigenvalue weighted by atomic mass is 16.2. The molecule has 0 spiro atoms. The summed E-state index contributed by atoms with van der Waals surface area (Å²) in [6, 6.07) is 0. The van der Waals surface area contributed by atoms with E-state index in [1.165, 1.54) is 6.33 Å². The molecule has 2 amide bonds. The second-order valence-electron chi connectivity index (χ2n) is 5.47. The zero-order valence-corrected chi connectivity index (χ0v) is 11.6. The number of piperidine rings is 1. The lowest BCUT2D eigenvalue weighted by atomic mass is 9.95. The molecule has 0 saturated carbocycles. The van der Waals surface area contributed by atoms with Crippen molar-refractivity contribution in [1.29, 1.82) is 0 Å². The van der Waals surface area contributed by atoms with E-state index in [1.54, 1.807) is 13.1 Å². The number of nitrogens with zero attached hydrogens (tertiary/aromatic N) is 4. The highest BCUT2D eigenvalue weighted by molar-refractivity contribution is 5.80. The lowest BCUT2D eigenvalue weighted by Gasteiger charge is -2.32. The summed E-state index contributed by atoms with van der Waals surface area (Å²) in [6.07, 6.45) is 4.83. The van der Waals surface area contributed by atoms with Crippen LogP contribution < -0.4 is 0 Å². The molecule has 2 aliphatic rings. The van der Waals surface area contributed by atoms with Crippen LogP contribution in [-0.4, -0.2) is 44.7 Å². The van der Waals surface area contributed by atoms with Crippen LogP contribution in [0.25, 0.3) is 0 Å². The molecule has 3 rings (SSSR count). The lowest BCUT2D eigenvalue weighted by Crippen LogP contribution is -2.42. The predicted octanol–water partition coefficient (Wildman–Crippen LogP) is 0.577. The van der Waals surface area contributed by atoms with Crippen molar-refractivity contribution >= 4 is 11.8 Å². The number of carbonyl (C=O) groups is 2. The van der Waals surface area contributed by atoms with E-state index in [4.69, 9.17) is 0 Å².